The number of aromatic nitrogens is 3. The Morgan fingerprint density at radius 2 is 1.64 bits per heavy atom. The molecule has 2 fully saturated rings. The van der Waals surface area contributed by atoms with Crippen molar-refractivity contribution in [1.29, 1.82) is 0 Å². The maximum Gasteiger partial charge on any atom is 0.259 e. The normalized spacial score (nSPS) is 18.8. The third kappa shape index (κ3) is 4.35. The van der Waals surface area contributed by atoms with Crippen molar-refractivity contribution >= 4 is 40.2 Å². The van der Waals surface area contributed by atoms with Crippen LogP contribution in [0, 0.1) is 0 Å². The van der Waals surface area contributed by atoms with Gasteiger partial charge >= 0.3 is 0 Å². The number of anilines is 1. The average molecular weight is 487 g/mol. The largest absolute Gasteiger partial charge is 0.338 e. The summed E-state index contributed by atoms with van der Waals surface area (Å²) in [5, 5.41) is 1.66. The summed E-state index contributed by atoms with van der Waals surface area (Å²) >= 11 is 12.7. The zero-order valence-electron chi connectivity index (χ0n) is 19.0. The molecule has 0 atom stereocenters. The fraction of sp³-hybridized carbons (Fsp3) is 0.458. The zero-order valence-corrected chi connectivity index (χ0v) is 20.5. The summed E-state index contributed by atoms with van der Waals surface area (Å²) in [5.74, 6) is 0.670. The predicted molar refractivity (Wildman–Crippen MR) is 135 cm³/mol. The second-order valence-corrected chi connectivity index (χ2v) is 9.84. The molecule has 4 heterocycles. The van der Waals surface area contributed by atoms with Gasteiger partial charge in [0.1, 0.15) is 5.65 Å². The third-order valence-corrected chi connectivity index (χ3v) is 7.60. The topological polar surface area (TPSA) is 57.5 Å². The Labute approximate surface area is 203 Å². The summed E-state index contributed by atoms with van der Waals surface area (Å²) in [4.78, 5) is 29.8. The van der Waals surface area contributed by atoms with Crippen LogP contribution in [0.25, 0.3) is 22.2 Å². The lowest BCUT2D eigenvalue weighted by Gasteiger charge is -2.42. The maximum atomic E-state index is 13.2. The van der Waals surface area contributed by atoms with Gasteiger partial charge in [0.25, 0.3) is 5.56 Å². The van der Waals surface area contributed by atoms with Crippen LogP contribution in [0.1, 0.15) is 12.8 Å². The first-order valence-corrected chi connectivity index (χ1v) is 12.2. The summed E-state index contributed by atoms with van der Waals surface area (Å²) in [6.45, 7) is 6.15. The van der Waals surface area contributed by atoms with Crippen molar-refractivity contribution in [1.82, 2.24) is 24.3 Å². The summed E-state index contributed by atoms with van der Waals surface area (Å²) < 4.78 is 1.56. The predicted octanol–water partition coefficient (Wildman–Crippen LogP) is 3.52. The molecule has 2 aliphatic rings. The Bertz CT molecular complexity index is 1210. The molecule has 174 valence electrons. The molecule has 2 aliphatic heterocycles. The molecule has 5 rings (SSSR count). The van der Waals surface area contributed by atoms with Crippen molar-refractivity contribution in [3.63, 3.8) is 0 Å². The molecule has 0 aliphatic carbocycles. The second-order valence-electron chi connectivity index (χ2n) is 9.03. The smallest absolute Gasteiger partial charge is 0.259 e. The van der Waals surface area contributed by atoms with Crippen molar-refractivity contribution in [2.75, 3.05) is 51.2 Å². The van der Waals surface area contributed by atoms with Gasteiger partial charge in [-0.05, 0) is 51.2 Å². The highest BCUT2D eigenvalue weighted by Gasteiger charge is 2.27. The molecule has 33 heavy (non-hydrogen) atoms. The number of pyridine rings is 1. The average Bonchev–Trinajstić information content (AvgIpc) is 2.82. The Hall–Kier alpha value is -2.19. The second kappa shape index (κ2) is 9.22. The van der Waals surface area contributed by atoms with Crippen LogP contribution >= 0.6 is 23.2 Å². The first kappa shape index (κ1) is 22.6. The maximum absolute atomic E-state index is 13.2. The number of aryl methyl sites for hydroxylation is 1. The highest BCUT2D eigenvalue weighted by molar-refractivity contribution is 6.39. The molecule has 0 bridgehead atoms. The monoisotopic (exact) mass is 486 g/mol. The van der Waals surface area contributed by atoms with E-state index in [1.807, 2.05) is 0 Å². The van der Waals surface area contributed by atoms with Crippen molar-refractivity contribution in [2.45, 2.75) is 18.9 Å². The van der Waals surface area contributed by atoms with E-state index in [-0.39, 0.29) is 5.56 Å². The highest BCUT2D eigenvalue weighted by Crippen LogP contribution is 2.33. The summed E-state index contributed by atoms with van der Waals surface area (Å²) in [6.07, 6.45) is 4.26. The number of benzene rings is 1. The summed E-state index contributed by atoms with van der Waals surface area (Å²) in [6, 6.07) is 7.69. The van der Waals surface area contributed by atoms with Crippen molar-refractivity contribution < 1.29 is 0 Å². The van der Waals surface area contributed by atoms with Gasteiger partial charge in [0.05, 0.1) is 15.6 Å². The number of piperazine rings is 1. The molecule has 0 radical (unpaired) electrons. The molecule has 0 unspecified atom stereocenters. The Kier molecular flexibility index (Phi) is 6.31. The number of likely N-dealkylation sites (tertiary alicyclic amines) is 1. The molecule has 0 spiro atoms. The van der Waals surface area contributed by atoms with E-state index in [4.69, 9.17) is 28.2 Å². The quantitative estimate of drug-likeness (QED) is 0.564. The molecule has 0 saturated carbocycles. The van der Waals surface area contributed by atoms with Crippen molar-refractivity contribution in [3.8, 4) is 11.1 Å². The minimum absolute atomic E-state index is 0.186. The van der Waals surface area contributed by atoms with Crippen LogP contribution in [0.2, 0.25) is 10.0 Å². The number of piperidine rings is 1. The van der Waals surface area contributed by atoms with E-state index in [2.05, 4.69) is 26.7 Å². The molecule has 0 N–H and O–H groups in total. The first-order valence-electron chi connectivity index (χ1n) is 11.4. The number of hydrogen-bond acceptors (Lipinski definition) is 6. The van der Waals surface area contributed by atoms with E-state index in [1.54, 1.807) is 42.1 Å². The molecule has 7 nitrogen and oxygen atoms in total. The SMILES string of the molecule is CN1CCC(N2CCN(c3ncc4cc(-c5c(Cl)cccc5Cl)c(=O)n(C)c4n3)CC2)CC1. The fourth-order valence-electron chi connectivity index (χ4n) is 4.97. The van der Waals surface area contributed by atoms with Crippen molar-refractivity contribution in [2.24, 2.45) is 7.05 Å². The van der Waals surface area contributed by atoms with Gasteiger partial charge in [-0.15, -0.1) is 0 Å². The van der Waals surface area contributed by atoms with Crippen LogP contribution in [0.5, 0.6) is 0 Å². The lowest BCUT2D eigenvalue weighted by atomic mass is 10.0. The van der Waals surface area contributed by atoms with Gasteiger partial charge in [-0.1, -0.05) is 29.3 Å². The van der Waals surface area contributed by atoms with E-state index >= 15 is 0 Å². The lowest BCUT2D eigenvalue weighted by molar-refractivity contribution is 0.115. The van der Waals surface area contributed by atoms with Crippen LogP contribution in [0.4, 0.5) is 5.95 Å². The molecular weight excluding hydrogens is 459 g/mol. The van der Waals surface area contributed by atoms with Gasteiger partial charge in [0.2, 0.25) is 5.95 Å². The standard InChI is InChI=1S/C24H28Cl2N6O/c1-29-8-6-17(7-9-29)31-10-12-32(13-11-31)24-27-15-16-14-18(23(33)30(2)22(16)28-24)21-19(25)4-3-5-20(21)26/h3-5,14-15,17H,6-13H2,1-2H3. The highest BCUT2D eigenvalue weighted by atomic mass is 35.5. The number of nitrogens with zero attached hydrogens (tertiary/aromatic N) is 6. The Morgan fingerprint density at radius 3 is 2.30 bits per heavy atom. The zero-order chi connectivity index (χ0) is 23.1. The Balaban J connectivity index is 1.39. The summed E-state index contributed by atoms with van der Waals surface area (Å²) in [7, 11) is 3.93. The summed E-state index contributed by atoms with van der Waals surface area (Å²) in [5.41, 5.74) is 1.41. The van der Waals surface area contributed by atoms with Crippen LogP contribution in [0.15, 0.2) is 35.3 Å². The van der Waals surface area contributed by atoms with E-state index < -0.39 is 0 Å². The molecule has 0 amide bonds. The lowest BCUT2D eigenvalue weighted by Crippen LogP contribution is -2.53. The van der Waals surface area contributed by atoms with E-state index in [0.29, 0.717) is 38.8 Å². The van der Waals surface area contributed by atoms with E-state index in [1.165, 1.54) is 25.9 Å². The third-order valence-electron chi connectivity index (χ3n) is 6.97. The minimum Gasteiger partial charge on any atom is -0.338 e. The fourth-order valence-corrected chi connectivity index (χ4v) is 5.57. The molecular formula is C24H28Cl2N6O. The van der Waals surface area contributed by atoms with Crippen LogP contribution in [-0.4, -0.2) is 76.7 Å². The van der Waals surface area contributed by atoms with Gasteiger partial charge < -0.3 is 9.80 Å². The van der Waals surface area contributed by atoms with E-state index in [0.717, 1.165) is 31.6 Å². The number of fused-ring (bicyclic) bond motifs is 1. The minimum atomic E-state index is -0.186. The van der Waals surface area contributed by atoms with Gasteiger partial charge in [0.15, 0.2) is 0 Å². The Morgan fingerprint density at radius 1 is 0.970 bits per heavy atom. The van der Waals surface area contributed by atoms with Gasteiger partial charge in [-0.3, -0.25) is 14.3 Å². The van der Waals surface area contributed by atoms with Gasteiger partial charge in [0, 0.05) is 56.4 Å². The van der Waals surface area contributed by atoms with Crippen LogP contribution < -0.4 is 10.5 Å². The number of rotatable bonds is 3. The van der Waals surface area contributed by atoms with Crippen molar-refractivity contribution in [3.05, 3.63) is 50.9 Å². The van der Waals surface area contributed by atoms with Crippen LogP contribution in [0.3, 0.4) is 0 Å². The van der Waals surface area contributed by atoms with Gasteiger partial charge in [-0.25, -0.2) is 4.98 Å². The molecule has 2 saturated heterocycles. The number of halogens is 2. The molecule has 2 aromatic heterocycles. The molecule has 1 aromatic carbocycles. The van der Waals surface area contributed by atoms with E-state index in [9.17, 15) is 4.79 Å². The van der Waals surface area contributed by atoms with Crippen LogP contribution in [-0.2, 0) is 7.05 Å². The molecule has 3 aromatic rings. The van der Waals surface area contributed by atoms with Gasteiger partial charge in [-0.2, -0.15) is 4.98 Å². The molecule has 9 heteroatoms. The number of hydrogen-bond donors (Lipinski definition) is 0. The first-order chi connectivity index (χ1) is 15.9.